The summed E-state index contributed by atoms with van der Waals surface area (Å²) >= 11 is 0. The highest BCUT2D eigenvalue weighted by Gasteiger charge is 2.26. The Hall–Kier alpha value is -1.18. The van der Waals surface area contributed by atoms with Gasteiger partial charge in [0.25, 0.3) is 5.91 Å². The van der Waals surface area contributed by atoms with Gasteiger partial charge in [0.2, 0.25) is 0 Å². The Kier molecular flexibility index (Phi) is 10.4. The van der Waals surface area contributed by atoms with Crippen molar-refractivity contribution in [2.75, 3.05) is 13.2 Å². The van der Waals surface area contributed by atoms with Crippen molar-refractivity contribution in [3.05, 3.63) is 0 Å². The smallest absolute Gasteiger partial charge is 0.318 e. The quantitative estimate of drug-likeness (QED) is 0.405. The number of nitrogens with one attached hydrogen (secondary N) is 1. The van der Waals surface area contributed by atoms with E-state index in [1.807, 2.05) is 5.48 Å². The van der Waals surface area contributed by atoms with Gasteiger partial charge in [0.05, 0.1) is 12.2 Å². The van der Waals surface area contributed by atoms with Crippen LogP contribution in [0.5, 0.6) is 0 Å². The van der Waals surface area contributed by atoms with Gasteiger partial charge in [0, 0.05) is 0 Å². The minimum Gasteiger partial charge on any atom is -0.481 e. The molecule has 0 aliphatic carbocycles. The highest BCUT2D eigenvalue weighted by Crippen LogP contribution is 2.04. The van der Waals surface area contributed by atoms with Crippen molar-refractivity contribution >= 4 is 11.9 Å². The summed E-state index contributed by atoms with van der Waals surface area (Å²) < 4.78 is 0. The second-order valence-electron chi connectivity index (χ2n) is 4.54. The highest BCUT2D eigenvalue weighted by molar-refractivity contribution is 5.96. The molecule has 0 spiro atoms. The molecule has 1 atom stereocenters. The average molecular weight is 264 g/mol. The molecule has 0 rings (SSSR count). The van der Waals surface area contributed by atoms with Crippen LogP contribution in [-0.4, -0.2) is 40.8 Å². The second kappa shape index (κ2) is 9.81. The molecule has 7 nitrogen and oxygen atoms in total. The van der Waals surface area contributed by atoms with Gasteiger partial charge < -0.3 is 15.9 Å². The number of hydroxylamine groups is 1. The van der Waals surface area contributed by atoms with Gasteiger partial charge in [-0.2, -0.15) is 0 Å². The van der Waals surface area contributed by atoms with Crippen LogP contribution in [0.1, 0.15) is 34.1 Å². The van der Waals surface area contributed by atoms with E-state index in [1.54, 1.807) is 20.8 Å². The monoisotopic (exact) mass is 264 g/mol. The molecule has 0 aromatic rings. The zero-order valence-electron chi connectivity index (χ0n) is 11.4. The van der Waals surface area contributed by atoms with E-state index in [-0.39, 0.29) is 0 Å². The number of aliphatic hydroxyl groups excluding tert-OH is 1. The maximum Gasteiger partial charge on any atom is 0.318 e. The molecule has 0 aromatic carbocycles. The number of carboxylic acids is 1. The molecule has 0 heterocycles. The molecule has 0 fully saturated rings. The lowest BCUT2D eigenvalue weighted by molar-refractivity contribution is -0.160. The van der Waals surface area contributed by atoms with Crippen molar-refractivity contribution in [2.45, 2.75) is 39.7 Å². The number of aliphatic hydroxyl groups is 1. The summed E-state index contributed by atoms with van der Waals surface area (Å²) in [5, 5.41) is 17.1. The lowest BCUT2D eigenvalue weighted by Crippen LogP contribution is -2.41. The first kappa shape index (κ1) is 19.2. The van der Waals surface area contributed by atoms with Gasteiger partial charge in [-0.15, -0.1) is 0 Å². The lowest BCUT2D eigenvalue weighted by Gasteiger charge is -2.20. The molecule has 1 amide bonds. The fourth-order valence-electron chi connectivity index (χ4n) is 0.548. The van der Waals surface area contributed by atoms with Crippen molar-refractivity contribution in [2.24, 2.45) is 11.7 Å². The minimum absolute atomic E-state index is 0.603. The molecule has 18 heavy (non-hydrogen) atoms. The minimum atomic E-state index is -1.49. The third-order valence-corrected chi connectivity index (χ3v) is 1.54. The summed E-state index contributed by atoms with van der Waals surface area (Å²) in [4.78, 5) is 26.4. The number of carboxylic acid groups (broad SMARTS) is 1. The van der Waals surface area contributed by atoms with E-state index in [4.69, 9.17) is 20.8 Å². The van der Waals surface area contributed by atoms with E-state index in [0.29, 0.717) is 0 Å². The fourth-order valence-corrected chi connectivity index (χ4v) is 0.548. The summed E-state index contributed by atoms with van der Waals surface area (Å²) in [6, 6.07) is 0. The van der Waals surface area contributed by atoms with Crippen molar-refractivity contribution < 1.29 is 24.6 Å². The Bertz CT molecular complexity index is 248. The first-order chi connectivity index (χ1) is 8.19. The Morgan fingerprint density at radius 1 is 1.39 bits per heavy atom. The summed E-state index contributed by atoms with van der Waals surface area (Å²) in [6.45, 7) is 7.21. The Morgan fingerprint density at radius 2 is 1.83 bits per heavy atom. The van der Waals surface area contributed by atoms with E-state index in [1.165, 1.54) is 0 Å². The molecule has 0 saturated heterocycles. The fraction of sp³-hybridized carbons (Fsp3) is 0.818. The molecule has 0 aliphatic heterocycles. The third kappa shape index (κ3) is 11.3. The van der Waals surface area contributed by atoms with Crippen LogP contribution in [0.25, 0.3) is 0 Å². The highest BCUT2D eigenvalue weighted by atomic mass is 16.7. The van der Waals surface area contributed by atoms with Gasteiger partial charge in [0.1, 0.15) is 0 Å². The lowest BCUT2D eigenvalue weighted by atomic mass is 10.1. The second-order valence-corrected chi connectivity index (χ2v) is 4.54. The Morgan fingerprint density at radius 3 is 2.06 bits per heavy atom. The number of carbonyl (C=O) groups is 2. The van der Waals surface area contributed by atoms with Crippen LogP contribution in [-0.2, 0) is 14.4 Å². The molecule has 0 radical (unpaired) electrons. The van der Waals surface area contributed by atoms with Crippen LogP contribution in [0.2, 0.25) is 0 Å². The van der Waals surface area contributed by atoms with Crippen LogP contribution in [0, 0.1) is 5.92 Å². The maximum absolute atomic E-state index is 11.1. The maximum atomic E-state index is 11.1. The number of amides is 1. The topological polar surface area (TPSA) is 122 Å². The van der Waals surface area contributed by atoms with E-state index < -0.39 is 30.0 Å². The van der Waals surface area contributed by atoms with Crippen molar-refractivity contribution in [3.63, 3.8) is 0 Å². The third-order valence-electron chi connectivity index (χ3n) is 1.54. The van der Waals surface area contributed by atoms with Crippen LogP contribution >= 0.6 is 0 Å². The number of hydrogen-bond donors (Lipinski definition) is 4. The van der Waals surface area contributed by atoms with Crippen LogP contribution < -0.4 is 11.2 Å². The predicted molar refractivity (Wildman–Crippen MR) is 66.5 cm³/mol. The van der Waals surface area contributed by atoms with Crippen LogP contribution in [0.4, 0.5) is 0 Å². The van der Waals surface area contributed by atoms with Gasteiger partial charge in [-0.1, -0.05) is 6.92 Å². The first-order valence-electron chi connectivity index (χ1n) is 5.71. The normalized spacial score (nSPS) is 12.1. The van der Waals surface area contributed by atoms with Gasteiger partial charge in [0.15, 0.2) is 5.92 Å². The molecule has 108 valence electrons. The summed E-state index contributed by atoms with van der Waals surface area (Å²) in [5.41, 5.74) is 6.40. The summed E-state index contributed by atoms with van der Waals surface area (Å²) in [5.74, 6) is -3.74. The summed E-state index contributed by atoms with van der Waals surface area (Å²) in [7, 11) is 0. The molecule has 5 N–H and O–H groups in total. The van der Waals surface area contributed by atoms with Gasteiger partial charge in [-0.3, -0.25) is 14.4 Å². The zero-order valence-corrected chi connectivity index (χ0v) is 11.4. The molecule has 0 aromatic heterocycles. The van der Waals surface area contributed by atoms with Crippen LogP contribution in [0.3, 0.4) is 0 Å². The van der Waals surface area contributed by atoms with Crippen molar-refractivity contribution in [1.82, 2.24) is 5.48 Å². The average Bonchev–Trinajstić information content (AvgIpc) is 2.26. The van der Waals surface area contributed by atoms with Crippen LogP contribution in [0.15, 0.2) is 0 Å². The Labute approximate surface area is 107 Å². The number of nitrogens with two attached hydrogens (primary N) is 1. The van der Waals surface area contributed by atoms with E-state index in [2.05, 4.69) is 6.92 Å². The van der Waals surface area contributed by atoms with E-state index in [0.717, 1.165) is 13.0 Å². The molecule has 0 aliphatic rings. The van der Waals surface area contributed by atoms with Gasteiger partial charge in [-0.25, -0.2) is 5.48 Å². The number of aliphatic carboxylic acids is 1. The predicted octanol–water partition coefficient (Wildman–Crippen LogP) is -0.119. The van der Waals surface area contributed by atoms with Gasteiger partial charge >= 0.3 is 5.97 Å². The number of hydrogen-bond acceptors (Lipinski definition) is 5. The van der Waals surface area contributed by atoms with E-state index in [9.17, 15) is 9.59 Å². The standard InChI is InChI=1S/C8H15NO5.C3H9N/c1-8(2,3)14-9-6(11)5(4-10)7(12)13;1-2-3-4/h5,10H,4H2,1-3H3,(H,9,11)(H,12,13);2-4H2,1H3. The molecule has 0 bridgehead atoms. The van der Waals surface area contributed by atoms with Crippen molar-refractivity contribution in [1.29, 1.82) is 0 Å². The molecular weight excluding hydrogens is 240 g/mol. The largest absolute Gasteiger partial charge is 0.481 e. The molecule has 0 saturated carbocycles. The Balaban J connectivity index is 0. The van der Waals surface area contributed by atoms with Gasteiger partial charge in [-0.05, 0) is 33.7 Å². The zero-order chi connectivity index (χ0) is 14.8. The summed E-state index contributed by atoms with van der Waals surface area (Å²) in [6.07, 6.45) is 1.10. The number of rotatable bonds is 5. The van der Waals surface area contributed by atoms with Crippen molar-refractivity contribution in [3.8, 4) is 0 Å². The first-order valence-corrected chi connectivity index (χ1v) is 5.71. The van der Waals surface area contributed by atoms with E-state index >= 15 is 0 Å². The molecule has 1 unspecified atom stereocenters. The molecule has 7 heteroatoms. The molecular formula is C11H24N2O5. The number of carbonyl (C=O) groups excluding carboxylic acids is 1. The SMILES string of the molecule is CC(C)(C)ONC(=O)C(CO)C(=O)O.CCCN.